The van der Waals surface area contributed by atoms with Crippen molar-refractivity contribution in [2.24, 2.45) is 7.05 Å². The first-order valence-electron chi connectivity index (χ1n) is 9.61. The molecular formula is C19H25BrN6O3. The number of nitrogens with one attached hydrogen (secondary N) is 1. The summed E-state index contributed by atoms with van der Waals surface area (Å²) in [6, 6.07) is 3.75. The number of piperazine rings is 1. The second-order valence-corrected chi connectivity index (χ2v) is 7.61. The summed E-state index contributed by atoms with van der Waals surface area (Å²) >= 11 is 3.29. The number of halogens is 1. The number of aryl methyl sites for hydroxylation is 1. The minimum absolute atomic E-state index is 0.223. The molecule has 0 aliphatic carbocycles. The topological polar surface area (TPSA) is 92.6 Å². The molecule has 0 unspecified atom stereocenters. The summed E-state index contributed by atoms with van der Waals surface area (Å²) in [4.78, 5) is 36.7. The van der Waals surface area contributed by atoms with Gasteiger partial charge in [-0.05, 0) is 34.5 Å². The van der Waals surface area contributed by atoms with Gasteiger partial charge in [0.25, 0.3) is 5.56 Å². The number of unbranched alkanes of at least 4 members (excludes halogenated alkanes) is 1. The van der Waals surface area contributed by atoms with Gasteiger partial charge in [-0.3, -0.25) is 4.79 Å². The number of aromatic nitrogens is 3. The molecule has 1 N–H and O–H groups in total. The van der Waals surface area contributed by atoms with Crippen LogP contribution in [-0.2, 0) is 11.8 Å². The number of anilines is 3. The first-order chi connectivity index (χ1) is 14.0. The van der Waals surface area contributed by atoms with E-state index in [2.05, 4.69) is 43.0 Å². The number of rotatable bonds is 6. The molecule has 2 aromatic heterocycles. The molecule has 0 saturated carbocycles. The van der Waals surface area contributed by atoms with Crippen LogP contribution in [0.4, 0.5) is 22.1 Å². The molecule has 2 aromatic rings. The molecule has 0 bridgehead atoms. The van der Waals surface area contributed by atoms with Gasteiger partial charge in [-0.25, -0.2) is 14.8 Å². The van der Waals surface area contributed by atoms with Crippen molar-refractivity contribution >= 4 is 39.3 Å². The first-order valence-corrected chi connectivity index (χ1v) is 10.4. The highest BCUT2D eigenvalue weighted by molar-refractivity contribution is 9.10. The number of amides is 1. The van der Waals surface area contributed by atoms with Crippen LogP contribution in [0, 0.1) is 0 Å². The molecule has 1 aliphatic rings. The van der Waals surface area contributed by atoms with Gasteiger partial charge in [-0.15, -0.1) is 0 Å². The van der Waals surface area contributed by atoms with Crippen molar-refractivity contribution in [2.45, 2.75) is 19.8 Å². The Morgan fingerprint density at radius 3 is 2.69 bits per heavy atom. The summed E-state index contributed by atoms with van der Waals surface area (Å²) in [6.07, 6.45) is 4.92. The van der Waals surface area contributed by atoms with Crippen LogP contribution in [0.3, 0.4) is 0 Å². The zero-order valence-electron chi connectivity index (χ0n) is 16.6. The lowest BCUT2D eigenvalue weighted by molar-refractivity contribution is 0.0989. The van der Waals surface area contributed by atoms with E-state index in [4.69, 9.17) is 4.74 Å². The Balaban J connectivity index is 1.56. The SMILES string of the molecule is CCCCOC(=O)N1CCN(c2ccc(Nc3nc(Br)cn(C)c3=O)cn2)CC1. The monoisotopic (exact) mass is 464 g/mol. The molecule has 29 heavy (non-hydrogen) atoms. The zero-order chi connectivity index (χ0) is 20.8. The van der Waals surface area contributed by atoms with Crippen molar-refractivity contribution in [1.29, 1.82) is 0 Å². The van der Waals surface area contributed by atoms with Crippen LogP contribution in [0.5, 0.6) is 0 Å². The van der Waals surface area contributed by atoms with Crippen LogP contribution in [0.1, 0.15) is 19.8 Å². The average molecular weight is 465 g/mol. The summed E-state index contributed by atoms with van der Waals surface area (Å²) < 4.78 is 7.29. The lowest BCUT2D eigenvalue weighted by Gasteiger charge is -2.34. The molecule has 0 atom stereocenters. The number of pyridine rings is 1. The quantitative estimate of drug-likeness (QED) is 0.656. The molecule has 0 radical (unpaired) electrons. The Morgan fingerprint density at radius 2 is 2.03 bits per heavy atom. The molecule has 1 amide bonds. The number of hydrogen-bond acceptors (Lipinski definition) is 7. The maximum absolute atomic E-state index is 12.2. The summed E-state index contributed by atoms with van der Waals surface area (Å²) in [5, 5.41) is 3.01. The number of hydrogen-bond donors (Lipinski definition) is 1. The summed E-state index contributed by atoms with van der Waals surface area (Å²) in [5.41, 5.74) is 0.453. The molecule has 1 aliphatic heterocycles. The third kappa shape index (κ3) is 5.47. The molecule has 0 spiro atoms. The van der Waals surface area contributed by atoms with Gasteiger partial charge in [-0.1, -0.05) is 13.3 Å². The number of carbonyl (C=O) groups excluding carboxylic acids is 1. The van der Waals surface area contributed by atoms with E-state index in [9.17, 15) is 9.59 Å². The highest BCUT2D eigenvalue weighted by Crippen LogP contribution is 2.18. The number of nitrogens with zero attached hydrogens (tertiary/aromatic N) is 5. The Morgan fingerprint density at radius 1 is 1.28 bits per heavy atom. The minimum atomic E-state index is -0.242. The second-order valence-electron chi connectivity index (χ2n) is 6.80. The molecule has 10 heteroatoms. The van der Waals surface area contributed by atoms with Gasteiger partial charge in [0.15, 0.2) is 5.82 Å². The molecular weight excluding hydrogens is 440 g/mol. The molecule has 3 heterocycles. The van der Waals surface area contributed by atoms with Crippen LogP contribution >= 0.6 is 15.9 Å². The molecule has 0 aromatic carbocycles. The van der Waals surface area contributed by atoms with Crippen LogP contribution in [-0.4, -0.2) is 58.3 Å². The summed E-state index contributed by atoms with van der Waals surface area (Å²) in [5.74, 6) is 1.05. The van der Waals surface area contributed by atoms with Crippen molar-refractivity contribution in [1.82, 2.24) is 19.4 Å². The van der Waals surface area contributed by atoms with E-state index in [0.29, 0.717) is 43.1 Å². The molecule has 1 saturated heterocycles. The van der Waals surface area contributed by atoms with Crippen LogP contribution < -0.4 is 15.8 Å². The van der Waals surface area contributed by atoms with E-state index in [1.807, 2.05) is 12.1 Å². The van der Waals surface area contributed by atoms with Crippen LogP contribution in [0.2, 0.25) is 0 Å². The van der Waals surface area contributed by atoms with Crippen molar-refractivity contribution in [3.8, 4) is 0 Å². The van der Waals surface area contributed by atoms with E-state index >= 15 is 0 Å². The third-order valence-corrected chi connectivity index (χ3v) is 5.02. The molecule has 9 nitrogen and oxygen atoms in total. The predicted molar refractivity (Wildman–Crippen MR) is 115 cm³/mol. The Hall–Kier alpha value is -2.62. The number of ether oxygens (including phenoxy) is 1. The van der Waals surface area contributed by atoms with Crippen molar-refractivity contribution in [2.75, 3.05) is 43.0 Å². The summed E-state index contributed by atoms with van der Waals surface area (Å²) in [6.45, 7) is 5.12. The van der Waals surface area contributed by atoms with E-state index in [1.165, 1.54) is 4.57 Å². The van der Waals surface area contributed by atoms with Gasteiger partial charge in [0.2, 0.25) is 0 Å². The Bertz CT molecular complexity index is 894. The van der Waals surface area contributed by atoms with Crippen molar-refractivity contribution < 1.29 is 9.53 Å². The molecule has 156 valence electrons. The largest absolute Gasteiger partial charge is 0.449 e. The fourth-order valence-electron chi connectivity index (χ4n) is 2.95. The normalized spacial score (nSPS) is 14.0. The zero-order valence-corrected chi connectivity index (χ0v) is 18.2. The van der Waals surface area contributed by atoms with E-state index in [-0.39, 0.29) is 17.5 Å². The van der Waals surface area contributed by atoms with Gasteiger partial charge in [0.1, 0.15) is 10.4 Å². The van der Waals surface area contributed by atoms with Crippen LogP contribution in [0.25, 0.3) is 0 Å². The fourth-order valence-corrected chi connectivity index (χ4v) is 3.43. The van der Waals surface area contributed by atoms with Crippen molar-refractivity contribution in [3.05, 3.63) is 39.5 Å². The fraction of sp³-hybridized carbons (Fsp3) is 0.474. The van der Waals surface area contributed by atoms with E-state index in [0.717, 1.165) is 18.7 Å². The van der Waals surface area contributed by atoms with Gasteiger partial charge in [-0.2, -0.15) is 0 Å². The Kier molecular flexibility index (Phi) is 7.08. The maximum atomic E-state index is 12.2. The lowest BCUT2D eigenvalue weighted by Crippen LogP contribution is -2.49. The van der Waals surface area contributed by atoms with E-state index < -0.39 is 0 Å². The van der Waals surface area contributed by atoms with Crippen molar-refractivity contribution in [3.63, 3.8) is 0 Å². The number of carbonyl (C=O) groups is 1. The third-order valence-electron chi connectivity index (χ3n) is 4.64. The predicted octanol–water partition coefficient (Wildman–Crippen LogP) is 2.74. The van der Waals surface area contributed by atoms with Gasteiger partial charge in [0, 0.05) is 39.4 Å². The van der Waals surface area contributed by atoms with E-state index in [1.54, 1.807) is 24.3 Å². The van der Waals surface area contributed by atoms with Crippen LogP contribution in [0.15, 0.2) is 33.9 Å². The highest BCUT2D eigenvalue weighted by atomic mass is 79.9. The Labute approximate surface area is 177 Å². The second kappa shape index (κ2) is 9.73. The summed E-state index contributed by atoms with van der Waals surface area (Å²) in [7, 11) is 1.67. The highest BCUT2D eigenvalue weighted by Gasteiger charge is 2.22. The van der Waals surface area contributed by atoms with Gasteiger partial charge in [0.05, 0.1) is 18.5 Å². The van der Waals surface area contributed by atoms with Gasteiger partial charge < -0.3 is 24.4 Å². The molecule has 1 fully saturated rings. The maximum Gasteiger partial charge on any atom is 0.409 e. The first kappa shape index (κ1) is 21.1. The lowest BCUT2D eigenvalue weighted by atomic mass is 10.3. The average Bonchev–Trinajstić information content (AvgIpc) is 2.72. The smallest absolute Gasteiger partial charge is 0.409 e. The minimum Gasteiger partial charge on any atom is -0.449 e. The standard InChI is InChI=1S/C19H25BrN6O3/c1-3-4-11-29-19(28)26-9-7-25(8-10-26)16-6-5-14(12-21-16)22-17-18(27)24(2)13-15(20)23-17/h5-6,12-13H,3-4,7-11H2,1-2H3,(H,22,23). The van der Waals surface area contributed by atoms with Gasteiger partial charge >= 0.3 is 6.09 Å². The molecule has 3 rings (SSSR count).